The van der Waals surface area contributed by atoms with Gasteiger partial charge in [0, 0.05) is 6.20 Å². The minimum Gasteiger partial charge on any atom is -0.477 e. The third-order valence-electron chi connectivity index (χ3n) is 2.40. The second-order valence-corrected chi connectivity index (χ2v) is 4.32. The fraction of sp³-hybridized carbons (Fsp3) is 0.182. The Bertz CT molecular complexity index is 682. The number of rotatable bonds is 2. The van der Waals surface area contributed by atoms with Gasteiger partial charge >= 0.3 is 12.1 Å². The van der Waals surface area contributed by atoms with Gasteiger partial charge in [0.2, 0.25) is 0 Å². The first-order valence-corrected chi connectivity index (χ1v) is 5.61. The molecule has 0 unspecified atom stereocenters. The topological polar surface area (TPSA) is 68.0 Å². The van der Waals surface area contributed by atoms with Crippen molar-refractivity contribution in [1.82, 2.24) is 14.8 Å². The molecule has 0 bridgehead atoms. The Kier molecular flexibility index (Phi) is 3.43. The minimum absolute atomic E-state index is 0.176. The fourth-order valence-electron chi connectivity index (χ4n) is 1.55. The summed E-state index contributed by atoms with van der Waals surface area (Å²) >= 11 is 5.74. The molecule has 2 heterocycles. The van der Waals surface area contributed by atoms with Crippen LogP contribution in [0.5, 0.6) is 0 Å². The second kappa shape index (κ2) is 4.78. The summed E-state index contributed by atoms with van der Waals surface area (Å²) in [6.45, 7) is 1.54. The molecule has 0 aliphatic heterocycles. The van der Waals surface area contributed by atoms with Gasteiger partial charge in [0.25, 0.3) is 0 Å². The zero-order valence-electron chi connectivity index (χ0n) is 9.94. The summed E-state index contributed by atoms with van der Waals surface area (Å²) in [5.41, 5.74) is -0.885. The van der Waals surface area contributed by atoms with Crippen LogP contribution in [0, 0.1) is 6.92 Å². The Labute approximate surface area is 115 Å². The fourth-order valence-corrected chi connectivity index (χ4v) is 1.80. The minimum atomic E-state index is -4.58. The molecule has 0 fully saturated rings. The first kappa shape index (κ1) is 14.3. The predicted octanol–water partition coefficient (Wildman–Crippen LogP) is 2.95. The van der Waals surface area contributed by atoms with E-state index in [0.29, 0.717) is 18.0 Å². The number of carbonyl (C=O) groups is 1. The number of halogens is 4. The first-order chi connectivity index (χ1) is 9.20. The number of alkyl halides is 3. The quantitative estimate of drug-likeness (QED) is 0.926. The molecule has 9 heteroatoms. The molecular weight excluding hydrogens is 299 g/mol. The van der Waals surface area contributed by atoms with Gasteiger partial charge in [-0.1, -0.05) is 11.6 Å². The zero-order valence-corrected chi connectivity index (χ0v) is 10.7. The Morgan fingerprint density at radius 3 is 2.55 bits per heavy atom. The summed E-state index contributed by atoms with van der Waals surface area (Å²) in [5.74, 6) is -1.46. The molecular formula is C11H7ClF3N3O2. The molecule has 0 aromatic carbocycles. The van der Waals surface area contributed by atoms with E-state index >= 15 is 0 Å². The van der Waals surface area contributed by atoms with E-state index in [0.717, 1.165) is 4.68 Å². The van der Waals surface area contributed by atoms with Crippen molar-refractivity contribution in [1.29, 1.82) is 0 Å². The second-order valence-electron chi connectivity index (χ2n) is 3.92. The number of nitrogens with zero attached hydrogens (tertiary/aromatic N) is 3. The third-order valence-corrected chi connectivity index (χ3v) is 2.68. The van der Waals surface area contributed by atoms with E-state index in [4.69, 9.17) is 16.7 Å². The highest BCUT2D eigenvalue weighted by Gasteiger charge is 2.32. The average Bonchev–Trinajstić information content (AvgIpc) is 2.70. The lowest BCUT2D eigenvalue weighted by Gasteiger charge is -2.10. The maximum absolute atomic E-state index is 12.5. The summed E-state index contributed by atoms with van der Waals surface area (Å²) in [5, 5.41) is 12.5. The van der Waals surface area contributed by atoms with Crippen LogP contribution in [0.25, 0.3) is 5.82 Å². The van der Waals surface area contributed by atoms with Crippen molar-refractivity contribution in [3.63, 3.8) is 0 Å². The maximum atomic E-state index is 12.5. The van der Waals surface area contributed by atoms with E-state index in [1.165, 1.54) is 6.07 Å². The van der Waals surface area contributed by atoms with E-state index in [1.54, 1.807) is 6.92 Å². The lowest BCUT2D eigenvalue weighted by atomic mass is 10.2. The number of pyridine rings is 1. The summed E-state index contributed by atoms with van der Waals surface area (Å²) in [7, 11) is 0. The SMILES string of the molecule is Cc1cc(C(=O)O)n(-c2ncc(C(F)(F)F)cc2Cl)n1. The van der Waals surface area contributed by atoms with Crippen molar-refractivity contribution in [3.8, 4) is 5.82 Å². The largest absolute Gasteiger partial charge is 0.477 e. The number of aromatic carboxylic acids is 1. The van der Waals surface area contributed by atoms with Gasteiger partial charge in [0.05, 0.1) is 16.3 Å². The van der Waals surface area contributed by atoms with Crippen LogP contribution in [-0.4, -0.2) is 25.8 Å². The van der Waals surface area contributed by atoms with Crippen LogP contribution in [0.1, 0.15) is 21.7 Å². The van der Waals surface area contributed by atoms with Crippen molar-refractivity contribution >= 4 is 17.6 Å². The maximum Gasteiger partial charge on any atom is 0.417 e. The monoisotopic (exact) mass is 305 g/mol. The average molecular weight is 306 g/mol. The molecule has 0 saturated carbocycles. The Hall–Kier alpha value is -2.09. The van der Waals surface area contributed by atoms with Gasteiger partial charge < -0.3 is 5.11 Å². The molecule has 0 radical (unpaired) electrons. The predicted molar refractivity (Wildman–Crippen MR) is 63.1 cm³/mol. The molecule has 2 aromatic heterocycles. The van der Waals surface area contributed by atoms with E-state index < -0.39 is 17.7 Å². The van der Waals surface area contributed by atoms with Gasteiger partial charge in [-0.3, -0.25) is 0 Å². The first-order valence-electron chi connectivity index (χ1n) is 5.23. The van der Waals surface area contributed by atoms with Crippen molar-refractivity contribution in [3.05, 3.63) is 40.3 Å². The van der Waals surface area contributed by atoms with Crippen LogP contribution < -0.4 is 0 Å². The van der Waals surface area contributed by atoms with Gasteiger partial charge in [-0.15, -0.1) is 0 Å². The smallest absolute Gasteiger partial charge is 0.417 e. The summed E-state index contributed by atoms with van der Waals surface area (Å²) in [4.78, 5) is 14.6. The number of aryl methyl sites for hydroxylation is 1. The van der Waals surface area contributed by atoms with Gasteiger partial charge in [-0.05, 0) is 19.1 Å². The molecule has 1 N–H and O–H groups in total. The van der Waals surface area contributed by atoms with Crippen molar-refractivity contribution in [2.45, 2.75) is 13.1 Å². The molecule has 106 valence electrons. The highest BCUT2D eigenvalue weighted by Crippen LogP contribution is 2.32. The highest BCUT2D eigenvalue weighted by atomic mass is 35.5. The molecule has 0 atom stereocenters. The molecule has 2 aromatic rings. The number of aromatic nitrogens is 3. The summed E-state index contributed by atoms with van der Waals surface area (Å²) < 4.78 is 38.4. The van der Waals surface area contributed by atoms with Crippen LogP contribution in [0.3, 0.4) is 0 Å². The van der Waals surface area contributed by atoms with Crippen molar-refractivity contribution < 1.29 is 23.1 Å². The van der Waals surface area contributed by atoms with Gasteiger partial charge in [0.1, 0.15) is 0 Å². The van der Waals surface area contributed by atoms with Crippen LogP contribution >= 0.6 is 11.6 Å². The summed E-state index contributed by atoms with van der Waals surface area (Å²) in [6, 6.07) is 1.94. The molecule has 5 nitrogen and oxygen atoms in total. The Balaban J connectivity index is 2.57. The molecule has 0 aliphatic rings. The Morgan fingerprint density at radius 2 is 2.05 bits per heavy atom. The number of carboxylic acid groups (broad SMARTS) is 1. The van der Waals surface area contributed by atoms with Crippen molar-refractivity contribution in [2.75, 3.05) is 0 Å². The molecule has 0 amide bonds. The molecule has 0 saturated heterocycles. The van der Waals surface area contributed by atoms with E-state index in [1.807, 2.05) is 0 Å². The normalized spacial score (nSPS) is 11.7. The summed E-state index contributed by atoms with van der Waals surface area (Å²) in [6.07, 6.45) is -4.01. The van der Waals surface area contributed by atoms with E-state index in [2.05, 4.69) is 10.1 Å². The van der Waals surface area contributed by atoms with Crippen LogP contribution in [0.15, 0.2) is 18.3 Å². The number of hydrogen-bond acceptors (Lipinski definition) is 3. The van der Waals surface area contributed by atoms with Gasteiger partial charge in [-0.25, -0.2) is 14.5 Å². The van der Waals surface area contributed by atoms with Crippen LogP contribution in [-0.2, 0) is 6.18 Å². The number of carboxylic acids is 1. The standard InChI is InChI=1S/C11H7ClF3N3O2/c1-5-2-8(10(19)20)18(17-5)9-7(12)3-6(4-16-9)11(13,14)15/h2-4H,1H3,(H,19,20). The Morgan fingerprint density at radius 1 is 1.40 bits per heavy atom. The lowest BCUT2D eigenvalue weighted by Crippen LogP contribution is -2.12. The molecule has 0 spiro atoms. The zero-order chi connectivity index (χ0) is 15.1. The van der Waals surface area contributed by atoms with E-state index in [9.17, 15) is 18.0 Å². The molecule has 2 rings (SSSR count). The number of hydrogen-bond donors (Lipinski definition) is 1. The molecule has 0 aliphatic carbocycles. The highest BCUT2D eigenvalue weighted by molar-refractivity contribution is 6.32. The van der Waals surface area contributed by atoms with E-state index in [-0.39, 0.29) is 16.5 Å². The van der Waals surface area contributed by atoms with Gasteiger partial charge in [0.15, 0.2) is 11.5 Å². The third kappa shape index (κ3) is 2.60. The lowest BCUT2D eigenvalue weighted by molar-refractivity contribution is -0.137. The molecule has 20 heavy (non-hydrogen) atoms. The van der Waals surface area contributed by atoms with Crippen LogP contribution in [0.4, 0.5) is 13.2 Å². The van der Waals surface area contributed by atoms with Gasteiger partial charge in [-0.2, -0.15) is 18.3 Å². The van der Waals surface area contributed by atoms with Crippen LogP contribution in [0.2, 0.25) is 5.02 Å². The van der Waals surface area contributed by atoms with Crippen molar-refractivity contribution in [2.24, 2.45) is 0 Å².